The lowest BCUT2D eigenvalue weighted by atomic mass is 10.1. The summed E-state index contributed by atoms with van der Waals surface area (Å²) in [5, 5.41) is 6.43. The van der Waals surface area contributed by atoms with E-state index in [2.05, 4.69) is 22.5 Å². The van der Waals surface area contributed by atoms with Gasteiger partial charge in [-0.05, 0) is 19.8 Å². The van der Waals surface area contributed by atoms with Crippen LogP contribution in [0.5, 0.6) is 0 Å². The van der Waals surface area contributed by atoms with Gasteiger partial charge in [0.05, 0.1) is 6.54 Å². The average molecular weight is 241 g/mol. The van der Waals surface area contributed by atoms with Gasteiger partial charge in [-0.3, -0.25) is 9.69 Å². The maximum absolute atomic E-state index is 11.9. The SMILES string of the molecule is C[C@@H]1CNCCN1CC(=O)NC1CCOCC1. The number of hydrogen-bond donors (Lipinski definition) is 2. The van der Waals surface area contributed by atoms with Crippen molar-refractivity contribution < 1.29 is 9.53 Å². The topological polar surface area (TPSA) is 53.6 Å². The normalized spacial score (nSPS) is 27.9. The molecule has 2 aliphatic heterocycles. The Labute approximate surface area is 103 Å². The van der Waals surface area contributed by atoms with Crippen LogP contribution in [0.2, 0.25) is 0 Å². The van der Waals surface area contributed by atoms with E-state index in [0.717, 1.165) is 45.7 Å². The van der Waals surface area contributed by atoms with Gasteiger partial charge in [0.1, 0.15) is 0 Å². The number of ether oxygens (including phenoxy) is 1. The molecule has 2 heterocycles. The Hall–Kier alpha value is -0.650. The molecule has 0 radical (unpaired) electrons. The Morgan fingerprint density at radius 1 is 1.47 bits per heavy atom. The molecule has 0 spiro atoms. The molecular weight excluding hydrogens is 218 g/mol. The first-order valence-corrected chi connectivity index (χ1v) is 6.57. The minimum absolute atomic E-state index is 0.158. The first-order chi connectivity index (χ1) is 8.25. The van der Waals surface area contributed by atoms with Gasteiger partial charge in [0, 0.05) is 44.9 Å². The van der Waals surface area contributed by atoms with Crippen molar-refractivity contribution in [3.05, 3.63) is 0 Å². The molecular formula is C12H23N3O2. The quantitative estimate of drug-likeness (QED) is 0.704. The van der Waals surface area contributed by atoms with Gasteiger partial charge in [0.2, 0.25) is 5.91 Å². The molecule has 0 bridgehead atoms. The number of nitrogens with one attached hydrogen (secondary N) is 2. The number of carbonyl (C=O) groups is 1. The highest BCUT2D eigenvalue weighted by Gasteiger charge is 2.22. The molecule has 0 unspecified atom stereocenters. The second-order valence-electron chi connectivity index (χ2n) is 4.98. The number of hydrogen-bond acceptors (Lipinski definition) is 4. The molecule has 0 saturated carbocycles. The third-order valence-corrected chi connectivity index (χ3v) is 3.57. The fourth-order valence-electron chi connectivity index (χ4n) is 2.42. The molecule has 1 amide bonds. The van der Waals surface area contributed by atoms with Crippen LogP contribution < -0.4 is 10.6 Å². The Morgan fingerprint density at radius 2 is 2.24 bits per heavy atom. The van der Waals surface area contributed by atoms with Gasteiger partial charge in [-0.15, -0.1) is 0 Å². The summed E-state index contributed by atoms with van der Waals surface area (Å²) in [5.41, 5.74) is 0. The maximum atomic E-state index is 11.9. The number of rotatable bonds is 3. The van der Waals surface area contributed by atoms with Gasteiger partial charge < -0.3 is 15.4 Å². The van der Waals surface area contributed by atoms with E-state index in [1.807, 2.05) is 0 Å². The lowest BCUT2D eigenvalue weighted by Crippen LogP contribution is -2.53. The summed E-state index contributed by atoms with van der Waals surface area (Å²) in [6.45, 7) is 7.15. The van der Waals surface area contributed by atoms with E-state index in [4.69, 9.17) is 4.74 Å². The van der Waals surface area contributed by atoms with Gasteiger partial charge in [-0.2, -0.15) is 0 Å². The molecule has 2 fully saturated rings. The fourth-order valence-corrected chi connectivity index (χ4v) is 2.42. The Morgan fingerprint density at radius 3 is 2.94 bits per heavy atom. The fraction of sp³-hybridized carbons (Fsp3) is 0.917. The monoisotopic (exact) mass is 241 g/mol. The molecule has 2 aliphatic rings. The van der Waals surface area contributed by atoms with Crippen molar-refractivity contribution in [3.63, 3.8) is 0 Å². The lowest BCUT2D eigenvalue weighted by molar-refractivity contribution is -0.124. The van der Waals surface area contributed by atoms with Crippen molar-refractivity contribution in [1.82, 2.24) is 15.5 Å². The number of amides is 1. The molecule has 2 saturated heterocycles. The van der Waals surface area contributed by atoms with E-state index in [1.165, 1.54) is 0 Å². The zero-order valence-corrected chi connectivity index (χ0v) is 10.6. The molecule has 2 N–H and O–H groups in total. The molecule has 0 aromatic heterocycles. The van der Waals surface area contributed by atoms with Crippen LogP contribution in [0.4, 0.5) is 0 Å². The van der Waals surface area contributed by atoms with Crippen LogP contribution >= 0.6 is 0 Å². The highest BCUT2D eigenvalue weighted by molar-refractivity contribution is 5.78. The van der Waals surface area contributed by atoms with Crippen LogP contribution in [0.25, 0.3) is 0 Å². The predicted molar refractivity (Wildman–Crippen MR) is 65.9 cm³/mol. The molecule has 0 aliphatic carbocycles. The van der Waals surface area contributed by atoms with E-state index in [1.54, 1.807) is 0 Å². The van der Waals surface area contributed by atoms with Gasteiger partial charge in [0.15, 0.2) is 0 Å². The van der Waals surface area contributed by atoms with E-state index >= 15 is 0 Å². The second-order valence-corrected chi connectivity index (χ2v) is 4.98. The minimum Gasteiger partial charge on any atom is -0.381 e. The highest BCUT2D eigenvalue weighted by Crippen LogP contribution is 2.07. The van der Waals surface area contributed by atoms with Crippen LogP contribution in [0, 0.1) is 0 Å². The summed E-state index contributed by atoms with van der Waals surface area (Å²) in [6, 6.07) is 0.763. The molecule has 2 rings (SSSR count). The van der Waals surface area contributed by atoms with Crippen LogP contribution in [-0.2, 0) is 9.53 Å². The zero-order valence-electron chi connectivity index (χ0n) is 10.6. The predicted octanol–water partition coefficient (Wildman–Crippen LogP) is -0.425. The van der Waals surface area contributed by atoms with Gasteiger partial charge in [-0.25, -0.2) is 0 Å². The molecule has 98 valence electrons. The smallest absolute Gasteiger partial charge is 0.234 e. The van der Waals surface area contributed by atoms with E-state index in [-0.39, 0.29) is 5.91 Å². The molecule has 0 aromatic rings. The third kappa shape index (κ3) is 3.94. The first-order valence-electron chi connectivity index (χ1n) is 6.57. The van der Waals surface area contributed by atoms with Crippen molar-refractivity contribution in [3.8, 4) is 0 Å². The number of carbonyl (C=O) groups excluding carboxylic acids is 1. The minimum atomic E-state index is 0.158. The van der Waals surface area contributed by atoms with E-state index in [0.29, 0.717) is 18.6 Å². The van der Waals surface area contributed by atoms with Gasteiger partial charge >= 0.3 is 0 Å². The Balaban J connectivity index is 1.72. The first kappa shape index (κ1) is 12.8. The summed E-state index contributed by atoms with van der Waals surface area (Å²) in [5.74, 6) is 0.158. The number of piperazine rings is 1. The van der Waals surface area contributed by atoms with Crippen LogP contribution in [-0.4, -0.2) is 62.3 Å². The molecule has 0 aromatic carbocycles. The van der Waals surface area contributed by atoms with Crippen molar-refractivity contribution in [1.29, 1.82) is 0 Å². The average Bonchev–Trinajstić information content (AvgIpc) is 2.33. The summed E-state index contributed by atoms with van der Waals surface area (Å²) < 4.78 is 5.28. The summed E-state index contributed by atoms with van der Waals surface area (Å²) in [6.07, 6.45) is 1.89. The van der Waals surface area contributed by atoms with E-state index < -0.39 is 0 Å². The summed E-state index contributed by atoms with van der Waals surface area (Å²) in [7, 11) is 0. The van der Waals surface area contributed by atoms with Crippen LogP contribution in [0.1, 0.15) is 19.8 Å². The van der Waals surface area contributed by atoms with Crippen molar-refractivity contribution in [2.24, 2.45) is 0 Å². The lowest BCUT2D eigenvalue weighted by Gasteiger charge is -2.34. The van der Waals surface area contributed by atoms with Gasteiger partial charge in [0.25, 0.3) is 0 Å². The summed E-state index contributed by atoms with van der Waals surface area (Å²) >= 11 is 0. The Bertz CT molecular complexity index is 254. The Kier molecular flexibility index (Phi) is 4.76. The zero-order chi connectivity index (χ0) is 12.1. The van der Waals surface area contributed by atoms with Crippen molar-refractivity contribution in [2.45, 2.75) is 31.8 Å². The molecule has 5 nitrogen and oxygen atoms in total. The second kappa shape index (κ2) is 6.33. The van der Waals surface area contributed by atoms with Crippen LogP contribution in [0.15, 0.2) is 0 Å². The standard InChI is InChI=1S/C12H23N3O2/c1-10-8-13-4-5-15(10)9-12(16)14-11-2-6-17-7-3-11/h10-11,13H,2-9H2,1H3,(H,14,16)/t10-/m1/s1. The highest BCUT2D eigenvalue weighted by atomic mass is 16.5. The number of nitrogens with zero attached hydrogens (tertiary/aromatic N) is 1. The molecule has 1 atom stereocenters. The van der Waals surface area contributed by atoms with E-state index in [9.17, 15) is 4.79 Å². The molecule has 5 heteroatoms. The van der Waals surface area contributed by atoms with Crippen molar-refractivity contribution >= 4 is 5.91 Å². The maximum Gasteiger partial charge on any atom is 0.234 e. The van der Waals surface area contributed by atoms with Crippen LogP contribution in [0.3, 0.4) is 0 Å². The van der Waals surface area contributed by atoms with Crippen molar-refractivity contribution in [2.75, 3.05) is 39.4 Å². The van der Waals surface area contributed by atoms with Gasteiger partial charge in [-0.1, -0.05) is 0 Å². The largest absolute Gasteiger partial charge is 0.381 e. The third-order valence-electron chi connectivity index (χ3n) is 3.57. The summed E-state index contributed by atoms with van der Waals surface area (Å²) in [4.78, 5) is 14.2. The molecule has 17 heavy (non-hydrogen) atoms.